The van der Waals surface area contributed by atoms with Crippen LogP contribution in [0.2, 0.25) is 0 Å². The topological polar surface area (TPSA) is 83.9 Å². The molecule has 1 N–H and O–H groups in total. The predicted molar refractivity (Wildman–Crippen MR) is 139 cm³/mol. The van der Waals surface area contributed by atoms with E-state index >= 15 is 0 Å². The van der Waals surface area contributed by atoms with E-state index in [9.17, 15) is 14.4 Å². The molecule has 1 aliphatic heterocycles. The highest BCUT2D eigenvalue weighted by molar-refractivity contribution is 14.1. The standard InChI is InChI=1S/C24H15BrINO5S/c25-18-10-15(12-20-22(28)27(24(31)33-20)17-4-2-1-3-5-17)11-19(26)21(18)32-13-14-6-8-16(9-7-14)23(29)30/h1-12H,13H2,(H,29,30)/b20-12-. The van der Waals surface area contributed by atoms with Gasteiger partial charge in [0.25, 0.3) is 11.1 Å². The number of aromatic carboxylic acids is 1. The monoisotopic (exact) mass is 635 g/mol. The predicted octanol–water partition coefficient (Wildman–Crippen LogP) is 6.57. The van der Waals surface area contributed by atoms with Crippen molar-refractivity contribution in [3.8, 4) is 5.75 Å². The zero-order valence-electron chi connectivity index (χ0n) is 16.8. The molecule has 0 aliphatic carbocycles. The van der Waals surface area contributed by atoms with Crippen molar-refractivity contribution < 1.29 is 24.2 Å². The number of imide groups is 1. The lowest BCUT2D eigenvalue weighted by molar-refractivity contribution is -0.113. The second kappa shape index (κ2) is 10.1. The molecule has 0 unspecified atom stereocenters. The number of anilines is 1. The molecule has 0 atom stereocenters. The number of amides is 2. The summed E-state index contributed by atoms with van der Waals surface area (Å²) in [5.41, 5.74) is 2.35. The third-order valence-corrected chi connectivity index (χ3v) is 6.97. The van der Waals surface area contributed by atoms with Crippen molar-refractivity contribution in [1.82, 2.24) is 0 Å². The summed E-state index contributed by atoms with van der Waals surface area (Å²) in [6, 6.07) is 19.0. The maximum atomic E-state index is 12.8. The molecule has 0 saturated carbocycles. The first-order chi connectivity index (χ1) is 15.8. The summed E-state index contributed by atoms with van der Waals surface area (Å²) in [6.45, 7) is 0.268. The van der Waals surface area contributed by atoms with E-state index in [1.54, 1.807) is 42.5 Å². The summed E-state index contributed by atoms with van der Waals surface area (Å²) >= 11 is 6.57. The minimum absolute atomic E-state index is 0.218. The van der Waals surface area contributed by atoms with Crippen LogP contribution in [-0.2, 0) is 11.4 Å². The molecule has 1 fully saturated rings. The van der Waals surface area contributed by atoms with Crippen LogP contribution in [0, 0.1) is 3.57 Å². The summed E-state index contributed by atoms with van der Waals surface area (Å²) in [5, 5.41) is 8.67. The second-order valence-corrected chi connectivity index (χ2v) is 9.97. The third kappa shape index (κ3) is 5.31. The van der Waals surface area contributed by atoms with Crippen molar-refractivity contribution in [3.05, 3.63) is 96.4 Å². The molecule has 6 nitrogen and oxygen atoms in total. The van der Waals surface area contributed by atoms with Gasteiger partial charge in [0.15, 0.2) is 0 Å². The molecule has 1 heterocycles. The summed E-state index contributed by atoms with van der Waals surface area (Å²) in [6.07, 6.45) is 1.69. The molecular formula is C24H15BrINO5S. The Bertz CT molecular complexity index is 1250. The van der Waals surface area contributed by atoms with Gasteiger partial charge in [0, 0.05) is 0 Å². The number of carboxylic acid groups (broad SMARTS) is 1. The number of halogens is 2. The number of para-hydroxylation sites is 1. The Labute approximate surface area is 215 Å². The van der Waals surface area contributed by atoms with Crippen LogP contribution in [0.25, 0.3) is 6.08 Å². The van der Waals surface area contributed by atoms with E-state index in [0.717, 1.165) is 26.5 Å². The number of nitrogens with zero attached hydrogens (tertiary/aromatic N) is 1. The fourth-order valence-electron chi connectivity index (χ4n) is 3.12. The van der Waals surface area contributed by atoms with E-state index in [2.05, 4.69) is 38.5 Å². The quantitative estimate of drug-likeness (QED) is 0.244. The highest BCUT2D eigenvalue weighted by Gasteiger charge is 2.36. The van der Waals surface area contributed by atoms with Gasteiger partial charge in [-0.2, -0.15) is 0 Å². The molecule has 166 valence electrons. The molecule has 33 heavy (non-hydrogen) atoms. The average molecular weight is 636 g/mol. The summed E-state index contributed by atoms with van der Waals surface area (Å²) in [4.78, 5) is 37.7. The second-order valence-electron chi connectivity index (χ2n) is 6.96. The van der Waals surface area contributed by atoms with Gasteiger partial charge in [0.05, 0.1) is 24.2 Å². The molecule has 0 radical (unpaired) electrons. The molecular weight excluding hydrogens is 621 g/mol. The largest absolute Gasteiger partial charge is 0.487 e. The summed E-state index contributed by atoms with van der Waals surface area (Å²) < 4.78 is 7.45. The molecule has 3 aromatic carbocycles. The highest BCUT2D eigenvalue weighted by Crippen LogP contribution is 2.38. The Morgan fingerprint density at radius 3 is 2.42 bits per heavy atom. The van der Waals surface area contributed by atoms with Gasteiger partial charge in [-0.3, -0.25) is 9.59 Å². The molecule has 0 aromatic heterocycles. The Balaban J connectivity index is 1.51. The maximum absolute atomic E-state index is 12.8. The zero-order chi connectivity index (χ0) is 23.5. The van der Waals surface area contributed by atoms with Crippen molar-refractivity contribution in [2.24, 2.45) is 0 Å². The molecule has 4 rings (SSSR count). The Morgan fingerprint density at radius 1 is 1.09 bits per heavy atom. The van der Waals surface area contributed by atoms with E-state index in [-0.39, 0.29) is 23.3 Å². The Hall–Kier alpha value is -2.63. The maximum Gasteiger partial charge on any atom is 0.335 e. The van der Waals surface area contributed by atoms with Gasteiger partial charge in [0.2, 0.25) is 0 Å². The fourth-order valence-corrected chi connectivity index (χ4v) is 5.73. The molecule has 9 heteroatoms. The van der Waals surface area contributed by atoms with Gasteiger partial charge in [-0.25, -0.2) is 9.69 Å². The number of carbonyl (C=O) groups excluding carboxylic acids is 2. The van der Waals surface area contributed by atoms with Crippen LogP contribution in [0.5, 0.6) is 5.75 Å². The lowest BCUT2D eigenvalue weighted by atomic mass is 10.1. The van der Waals surface area contributed by atoms with Crippen molar-refractivity contribution in [2.75, 3.05) is 4.90 Å². The number of thioether (sulfide) groups is 1. The number of rotatable bonds is 6. The molecule has 1 saturated heterocycles. The smallest absolute Gasteiger partial charge is 0.335 e. The number of benzene rings is 3. The molecule has 3 aromatic rings. The SMILES string of the molecule is O=C(O)c1ccc(COc2c(Br)cc(/C=C3\SC(=O)N(c4ccccc4)C3=O)cc2I)cc1. The van der Waals surface area contributed by atoms with E-state index in [1.165, 1.54) is 17.0 Å². The number of carboxylic acids is 1. The van der Waals surface area contributed by atoms with Crippen LogP contribution in [0.4, 0.5) is 10.5 Å². The number of hydrogen-bond acceptors (Lipinski definition) is 5. The molecule has 1 aliphatic rings. The van der Waals surface area contributed by atoms with Crippen molar-refractivity contribution in [3.63, 3.8) is 0 Å². The van der Waals surface area contributed by atoms with Gasteiger partial charge in [-0.1, -0.05) is 30.3 Å². The number of carbonyl (C=O) groups is 3. The van der Waals surface area contributed by atoms with Crippen molar-refractivity contribution >= 4 is 79.2 Å². The van der Waals surface area contributed by atoms with Gasteiger partial charge in [0.1, 0.15) is 12.4 Å². The van der Waals surface area contributed by atoms with E-state index < -0.39 is 5.97 Å². The minimum Gasteiger partial charge on any atom is -0.487 e. The van der Waals surface area contributed by atoms with Gasteiger partial charge < -0.3 is 9.84 Å². The van der Waals surface area contributed by atoms with Crippen LogP contribution in [0.15, 0.2) is 76.1 Å². The first kappa shape index (κ1) is 23.5. The first-order valence-corrected chi connectivity index (χ1v) is 12.3. The fraction of sp³-hybridized carbons (Fsp3) is 0.0417. The van der Waals surface area contributed by atoms with Crippen LogP contribution in [0.1, 0.15) is 21.5 Å². The van der Waals surface area contributed by atoms with Crippen LogP contribution < -0.4 is 9.64 Å². The Morgan fingerprint density at radius 2 is 1.79 bits per heavy atom. The normalized spacial score (nSPS) is 14.7. The first-order valence-electron chi connectivity index (χ1n) is 9.60. The average Bonchev–Trinajstić information content (AvgIpc) is 3.06. The van der Waals surface area contributed by atoms with Crippen molar-refractivity contribution in [2.45, 2.75) is 6.61 Å². The number of hydrogen-bond donors (Lipinski definition) is 1. The summed E-state index contributed by atoms with van der Waals surface area (Å²) in [5.74, 6) is -0.697. The molecule has 2 amide bonds. The van der Waals surface area contributed by atoms with E-state index in [4.69, 9.17) is 9.84 Å². The molecule has 0 bridgehead atoms. The minimum atomic E-state index is -0.975. The van der Waals surface area contributed by atoms with Crippen LogP contribution >= 0.6 is 50.3 Å². The van der Waals surface area contributed by atoms with Crippen LogP contribution in [-0.4, -0.2) is 22.2 Å². The molecule has 0 spiro atoms. The van der Waals surface area contributed by atoms with Gasteiger partial charge in [-0.15, -0.1) is 0 Å². The summed E-state index contributed by atoms with van der Waals surface area (Å²) in [7, 11) is 0. The van der Waals surface area contributed by atoms with E-state index in [1.807, 2.05) is 18.2 Å². The van der Waals surface area contributed by atoms with Gasteiger partial charge >= 0.3 is 5.97 Å². The lowest BCUT2D eigenvalue weighted by Gasteiger charge is -2.12. The number of ether oxygens (including phenoxy) is 1. The lowest BCUT2D eigenvalue weighted by Crippen LogP contribution is -2.27. The third-order valence-electron chi connectivity index (χ3n) is 4.71. The highest BCUT2D eigenvalue weighted by atomic mass is 127. The Kier molecular flexibility index (Phi) is 7.20. The van der Waals surface area contributed by atoms with Crippen LogP contribution in [0.3, 0.4) is 0 Å². The zero-order valence-corrected chi connectivity index (χ0v) is 21.4. The van der Waals surface area contributed by atoms with Gasteiger partial charge in [-0.05, 0) is 104 Å². The van der Waals surface area contributed by atoms with E-state index in [0.29, 0.717) is 20.8 Å². The van der Waals surface area contributed by atoms with Crippen molar-refractivity contribution in [1.29, 1.82) is 0 Å².